The number of halogens is 3. The zero-order valence-electron chi connectivity index (χ0n) is 7.64. The van der Waals surface area contributed by atoms with Gasteiger partial charge in [-0.2, -0.15) is 13.2 Å². The standard InChI is InChI=1S/C7H10F3NO3/c1-4(11-5(2)12)6(13)14-3-7(8,9)10/h4H,3H2,1-2H3,(H,11,12). The fourth-order valence-corrected chi connectivity index (χ4v) is 0.642. The second-order valence-corrected chi connectivity index (χ2v) is 2.65. The van der Waals surface area contributed by atoms with Crippen LogP contribution in [0.2, 0.25) is 0 Å². The van der Waals surface area contributed by atoms with Gasteiger partial charge in [0.15, 0.2) is 6.61 Å². The van der Waals surface area contributed by atoms with Crippen molar-refractivity contribution in [2.75, 3.05) is 6.61 Å². The van der Waals surface area contributed by atoms with E-state index in [9.17, 15) is 22.8 Å². The molecule has 1 N–H and O–H groups in total. The minimum atomic E-state index is -4.55. The van der Waals surface area contributed by atoms with Crippen molar-refractivity contribution in [1.29, 1.82) is 0 Å². The van der Waals surface area contributed by atoms with Crippen molar-refractivity contribution in [2.45, 2.75) is 26.1 Å². The maximum absolute atomic E-state index is 11.6. The minimum absolute atomic E-state index is 0.513. The summed E-state index contributed by atoms with van der Waals surface area (Å²) in [7, 11) is 0. The van der Waals surface area contributed by atoms with E-state index < -0.39 is 30.7 Å². The van der Waals surface area contributed by atoms with Crippen molar-refractivity contribution in [3.05, 3.63) is 0 Å². The Kier molecular flexibility index (Phi) is 4.39. The van der Waals surface area contributed by atoms with Crippen LogP contribution in [-0.2, 0) is 14.3 Å². The fourth-order valence-electron chi connectivity index (χ4n) is 0.642. The molecule has 4 nitrogen and oxygen atoms in total. The van der Waals surface area contributed by atoms with Crippen LogP contribution in [0.4, 0.5) is 13.2 Å². The van der Waals surface area contributed by atoms with Crippen LogP contribution in [0.5, 0.6) is 0 Å². The number of nitrogens with one attached hydrogen (secondary N) is 1. The Morgan fingerprint density at radius 3 is 2.29 bits per heavy atom. The number of hydrogen-bond acceptors (Lipinski definition) is 3. The first-order valence-electron chi connectivity index (χ1n) is 3.73. The molecule has 0 spiro atoms. The summed E-state index contributed by atoms with van der Waals surface area (Å²) in [5.74, 6) is -1.63. The van der Waals surface area contributed by atoms with Gasteiger partial charge < -0.3 is 10.1 Å². The first-order valence-corrected chi connectivity index (χ1v) is 3.73. The zero-order chi connectivity index (χ0) is 11.4. The molecule has 7 heteroatoms. The Bertz CT molecular complexity index is 227. The molecule has 0 aliphatic rings. The van der Waals surface area contributed by atoms with Crippen molar-refractivity contribution in [1.82, 2.24) is 5.32 Å². The lowest BCUT2D eigenvalue weighted by molar-refractivity contribution is -0.187. The summed E-state index contributed by atoms with van der Waals surface area (Å²) >= 11 is 0. The van der Waals surface area contributed by atoms with E-state index in [0.717, 1.165) is 6.92 Å². The average molecular weight is 213 g/mol. The minimum Gasteiger partial charge on any atom is -0.455 e. The Labute approximate surface area is 78.4 Å². The molecule has 0 aromatic rings. The molecule has 0 aromatic carbocycles. The Hall–Kier alpha value is -1.27. The third-order valence-electron chi connectivity index (χ3n) is 1.15. The number of hydrogen-bond donors (Lipinski definition) is 1. The van der Waals surface area contributed by atoms with Gasteiger partial charge in [-0.1, -0.05) is 0 Å². The van der Waals surface area contributed by atoms with E-state index in [4.69, 9.17) is 0 Å². The molecule has 0 saturated carbocycles. The maximum atomic E-state index is 11.6. The second-order valence-electron chi connectivity index (χ2n) is 2.65. The van der Waals surface area contributed by atoms with Crippen LogP contribution in [0.3, 0.4) is 0 Å². The van der Waals surface area contributed by atoms with E-state index in [1.807, 2.05) is 0 Å². The van der Waals surface area contributed by atoms with Gasteiger partial charge in [0.05, 0.1) is 0 Å². The number of rotatable bonds is 3. The van der Waals surface area contributed by atoms with Crippen LogP contribution in [0.15, 0.2) is 0 Å². The number of ether oxygens (including phenoxy) is 1. The smallest absolute Gasteiger partial charge is 0.422 e. The maximum Gasteiger partial charge on any atom is 0.422 e. The number of esters is 1. The molecule has 1 unspecified atom stereocenters. The van der Waals surface area contributed by atoms with Crippen LogP contribution in [0.25, 0.3) is 0 Å². The lowest BCUT2D eigenvalue weighted by Crippen LogP contribution is -2.39. The van der Waals surface area contributed by atoms with E-state index >= 15 is 0 Å². The van der Waals surface area contributed by atoms with Crippen LogP contribution >= 0.6 is 0 Å². The molecule has 0 bridgehead atoms. The van der Waals surface area contributed by atoms with Gasteiger partial charge in [0.25, 0.3) is 0 Å². The summed E-state index contributed by atoms with van der Waals surface area (Å²) in [5.41, 5.74) is 0. The predicted molar refractivity (Wildman–Crippen MR) is 40.3 cm³/mol. The lowest BCUT2D eigenvalue weighted by atomic mass is 10.3. The number of amides is 1. The largest absolute Gasteiger partial charge is 0.455 e. The highest BCUT2D eigenvalue weighted by Crippen LogP contribution is 2.14. The Morgan fingerprint density at radius 1 is 1.43 bits per heavy atom. The van der Waals surface area contributed by atoms with E-state index in [-0.39, 0.29) is 0 Å². The third-order valence-corrected chi connectivity index (χ3v) is 1.15. The molecule has 0 heterocycles. The predicted octanol–water partition coefficient (Wildman–Crippen LogP) is 0.616. The molecule has 0 saturated heterocycles. The summed E-state index contributed by atoms with van der Waals surface area (Å²) in [6.45, 7) is 0.739. The Morgan fingerprint density at radius 2 is 1.93 bits per heavy atom. The van der Waals surface area contributed by atoms with Gasteiger partial charge in [-0.05, 0) is 6.92 Å². The third kappa shape index (κ3) is 6.27. The van der Waals surface area contributed by atoms with Gasteiger partial charge in [0.2, 0.25) is 5.91 Å². The number of alkyl halides is 3. The van der Waals surface area contributed by atoms with Crippen LogP contribution in [0.1, 0.15) is 13.8 Å². The summed E-state index contributed by atoms with van der Waals surface area (Å²) in [6, 6.07) is -1.07. The monoisotopic (exact) mass is 213 g/mol. The molecule has 1 atom stereocenters. The highest BCUT2D eigenvalue weighted by Gasteiger charge is 2.30. The molecule has 0 aromatic heterocycles. The van der Waals surface area contributed by atoms with Gasteiger partial charge in [-0.3, -0.25) is 4.79 Å². The van der Waals surface area contributed by atoms with E-state index in [1.165, 1.54) is 6.92 Å². The summed E-state index contributed by atoms with van der Waals surface area (Å²) < 4.78 is 38.6. The van der Waals surface area contributed by atoms with Gasteiger partial charge in [0, 0.05) is 6.92 Å². The lowest BCUT2D eigenvalue weighted by Gasteiger charge is -2.12. The molecule has 14 heavy (non-hydrogen) atoms. The Balaban J connectivity index is 3.91. The zero-order valence-corrected chi connectivity index (χ0v) is 7.64. The number of carbonyl (C=O) groups excluding carboxylic acids is 2. The first-order chi connectivity index (χ1) is 6.22. The number of carbonyl (C=O) groups is 2. The van der Waals surface area contributed by atoms with E-state index in [1.54, 1.807) is 0 Å². The van der Waals surface area contributed by atoms with Crippen LogP contribution in [0, 0.1) is 0 Å². The van der Waals surface area contributed by atoms with Crippen LogP contribution < -0.4 is 5.32 Å². The second kappa shape index (κ2) is 4.83. The van der Waals surface area contributed by atoms with E-state index in [0.29, 0.717) is 0 Å². The summed E-state index contributed by atoms with van der Waals surface area (Å²) in [4.78, 5) is 21.2. The SMILES string of the molecule is CC(=O)NC(C)C(=O)OCC(F)(F)F. The summed E-state index contributed by atoms with van der Waals surface area (Å²) in [5, 5.41) is 2.10. The van der Waals surface area contributed by atoms with Crippen molar-refractivity contribution in [2.24, 2.45) is 0 Å². The molecule has 0 aliphatic heterocycles. The quantitative estimate of drug-likeness (QED) is 0.699. The average Bonchev–Trinajstić information content (AvgIpc) is 1.97. The van der Waals surface area contributed by atoms with Crippen molar-refractivity contribution in [3.8, 4) is 0 Å². The van der Waals surface area contributed by atoms with Crippen molar-refractivity contribution in [3.63, 3.8) is 0 Å². The summed E-state index contributed by atoms with van der Waals surface area (Å²) in [6.07, 6.45) is -4.55. The topological polar surface area (TPSA) is 55.4 Å². The molecule has 82 valence electrons. The molecule has 0 rings (SSSR count). The van der Waals surface area contributed by atoms with Gasteiger partial charge >= 0.3 is 12.1 Å². The molecule has 0 radical (unpaired) electrons. The fraction of sp³-hybridized carbons (Fsp3) is 0.714. The van der Waals surface area contributed by atoms with Gasteiger partial charge in [-0.25, -0.2) is 4.79 Å². The van der Waals surface area contributed by atoms with Crippen molar-refractivity contribution < 1.29 is 27.5 Å². The van der Waals surface area contributed by atoms with Gasteiger partial charge in [0.1, 0.15) is 6.04 Å². The normalized spacial score (nSPS) is 13.2. The van der Waals surface area contributed by atoms with Crippen molar-refractivity contribution >= 4 is 11.9 Å². The van der Waals surface area contributed by atoms with Crippen LogP contribution in [-0.4, -0.2) is 30.7 Å². The van der Waals surface area contributed by atoms with Gasteiger partial charge in [-0.15, -0.1) is 0 Å². The van der Waals surface area contributed by atoms with E-state index in [2.05, 4.69) is 10.1 Å². The molecule has 1 amide bonds. The molecule has 0 aliphatic carbocycles. The highest BCUT2D eigenvalue weighted by molar-refractivity contribution is 5.82. The molecule has 0 fully saturated rings. The first kappa shape index (κ1) is 12.7. The highest BCUT2D eigenvalue weighted by atomic mass is 19.4. The molecular weight excluding hydrogens is 203 g/mol. The molecular formula is C7H10F3NO3.